The maximum Gasteiger partial charge on any atom is 0.211 e. The van der Waals surface area contributed by atoms with E-state index in [1.54, 1.807) is 11.3 Å². The molecule has 3 nitrogen and oxygen atoms in total. The number of para-hydroxylation sites is 1. The van der Waals surface area contributed by atoms with Gasteiger partial charge >= 0.3 is 0 Å². The number of nitrogens with zero attached hydrogens (tertiary/aromatic N) is 3. The van der Waals surface area contributed by atoms with E-state index in [1.807, 2.05) is 0 Å². The average Bonchev–Trinajstić information content (AvgIpc) is 2.78. The van der Waals surface area contributed by atoms with Crippen LogP contribution in [0.5, 0.6) is 0 Å². The minimum atomic E-state index is 0.945. The monoisotopic (exact) mass is 321 g/mol. The first kappa shape index (κ1) is 14.4. The highest BCUT2D eigenvalue weighted by molar-refractivity contribution is 7.16. The predicted molar refractivity (Wildman–Crippen MR) is 96.9 cm³/mol. The van der Waals surface area contributed by atoms with Crippen LogP contribution in [0, 0.1) is 0 Å². The standard InChI is InChI=1S/C19H19N3S/c1-22-17-12-6-7-13-18(17)23-19(22)21-20-16-11-5-3-9-14-8-2-4-10-15(14)16/h2,4,6-8,10,12-13H,3,5,9,11H2,1H3/b20-16+,21-19-. The number of rotatable bonds is 1. The van der Waals surface area contributed by atoms with Crippen LogP contribution in [-0.4, -0.2) is 10.3 Å². The predicted octanol–water partition coefficient (Wildman–Crippen LogP) is 4.27. The lowest BCUT2D eigenvalue weighted by atomic mass is 10.0. The molecule has 0 radical (unpaired) electrons. The second kappa shape index (κ2) is 6.13. The summed E-state index contributed by atoms with van der Waals surface area (Å²) in [4.78, 5) is 0.945. The van der Waals surface area contributed by atoms with Gasteiger partial charge in [0.25, 0.3) is 0 Å². The summed E-state index contributed by atoms with van der Waals surface area (Å²) in [6, 6.07) is 17.0. The summed E-state index contributed by atoms with van der Waals surface area (Å²) in [5.41, 5.74) is 5.01. The van der Waals surface area contributed by atoms with Gasteiger partial charge in [0.05, 0.1) is 15.9 Å². The van der Waals surface area contributed by atoms with Crippen molar-refractivity contribution >= 4 is 27.3 Å². The van der Waals surface area contributed by atoms with Crippen LogP contribution in [0.2, 0.25) is 0 Å². The Morgan fingerprint density at radius 1 is 0.913 bits per heavy atom. The van der Waals surface area contributed by atoms with Crippen molar-refractivity contribution in [3.63, 3.8) is 0 Å². The van der Waals surface area contributed by atoms with Crippen molar-refractivity contribution in [3.05, 3.63) is 64.5 Å². The average molecular weight is 321 g/mol. The molecular weight excluding hydrogens is 302 g/mol. The van der Waals surface area contributed by atoms with Gasteiger partial charge in [-0.15, -0.1) is 5.10 Å². The van der Waals surface area contributed by atoms with Gasteiger partial charge in [0.2, 0.25) is 4.80 Å². The molecule has 0 saturated heterocycles. The van der Waals surface area contributed by atoms with Crippen LogP contribution in [0.3, 0.4) is 0 Å². The fourth-order valence-electron chi connectivity index (χ4n) is 3.15. The Labute approximate surface area is 139 Å². The minimum Gasteiger partial charge on any atom is -0.318 e. The molecule has 0 spiro atoms. The third kappa shape index (κ3) is 2.75. The van der Waals surface area contributed by atoms with Crippen LogP contribution in [-0.2, 0) is 13.5 Å². The molecule has 0 unspecified atom stereocenters. The van der Waals surface area contributed by atoms with Crippen molar-refractivity contribution in [1.29, 1.82) is 0 Å². The number of aromatic nitrogens is 1. The molecule has 1 heterocycles. The van der Waals surface area contributed by atoms with Gasteiger partial charge in [0.15, 0.2) is 0 Å². The Hall–Kier alpha value is -2.20. The van der Waals surface area contributed by atoms with Crippen molar-refractivity contribution < 1.29 is 0 Å². The van der Waals surface area contributed by atoms with Crippen LogP contribution in [0.4, 0.5) is 0 Å². The van der Waals surface area contributed by atoms with Gasteiger partial charge in [-0.1, -0.05) is 47.7 Å². The number of benzene rings is 2. The second-order valence-corrected chi connectivity index (χ2v) is 6.93. The van der Waals surface area contributed by atoms with E-state index in [0.29, 0.717) is 0 Å². The van der Waals surface area contributed by atoms with Gasteiger partial charge < -0.3 is 4.57 Å². The van der Waals surface area contributed by atoms with E-state index in [0.717, 1.165) is 23.4 Å². The summed E-state index contributed by atoms with van der Waals surface area (Å²) in [6.07, 6.45) is 4.56. The first-order valence-electron chi connectivity index (χ1n) is 8.06. The van der Waals surface area contributed by atoms with Crippen LogP contribution < -0.4 is 4.80 Å². The Morgan fingerprint density at radius 3 is 2.61 bits per heavy atom. The van der Waals surface area contributed by atoms with E-state index < -0.39 is 0 Å². The molecular formula is C19H19N3S. The zero-order valence-electron chi connectivity index (χ0n) is 13.2. The van der Waals surface area contributed by atoms with Crippen molar-refractivity contribution in [3.8, 4) is 0 Å². The Balaban J connectivity index is 1.82. The molecule has 0 atom stereocenters. The molecule has 4 heteroatoms. The van der Waals surface area contributed by atoms with Gasteiger partial charge in [0.1, 0.15) is 0 Å². The number of hydrogen-bond donors (Lipinski definition) is 0. The summed E-state index contributed by atoms with van der Waals surface area (Å²) in [7, 11) is 2.05. The number of hydrogen-bond acceptors (Lipinski definition) is 3. The molecule has 0 bridgehead atoms. The highest BCUT2D eigenvalue weighted by atomic mass is 32.1. The summed E-state index contributed by atoms with van der Waals surface area (Å²) in [6.45, 7) is 0. The summed E-state index contributed by atoms with van der Waals surface area (Å²) in [5, 5.41) is 9.22. The maximum absolute atomic E-state index is 4.64. The van der Waals surface area contributed by atoms with Gasteiger partial charge in [-0.05, 0) is 43.4 Å². The van der Waals surface area contributed by atoms with E-state index in [2.05, 4.69) is 70.3 Å². The summed E-state index contributed by atoms with van der Waals surface area (Å²) >= 11 is 1.69. The van der Waals surface area contributed by atoms with E-state index in [-0.39, 0.29) is 0 Å². The maximum atomic E-state index is 4.64. The molecule has 23 heavy (non-hydrogen) atoms. The third-order valence-corrected chi connectivity index (χ3v) is 5.51. The highest BCUT2D eigenvalue weighted by Crippen LogP contribution is 2.21. The molecule has 4 rings (SSSR count). The molecule has 3 aromatic rings. The Bertz CT molecular complexity index is 946. The van der Waals surface area contributed by atoms with Crippen molar-refractivity contribution in [2.75, 3.05) is 0 Å². The number of fused-ring (bicyclic) bond motifs is 2. The van der Waals surface area contributed by atoms with Crippen LogP contribution in [0.1, 0.15) is 30.4 Å². The van der Waals surface area contributed by atoms with Crippen molar-refractivity contribution in [1.82, 2.24) is 4.57 Å². The fourth-order valence-corrected chi connectivity index (χ4v) is 4.12. The molecule has 1 aliphatic carbocycles. The highest BCUT2D eigenvalue weighted by Gasteiger charge is 2.13. The first-order valence-corrected chi connectivity index (χ1v) is 8.88. The molecule has 0 amide bonds. The molecule has 1 aromatic heterocycles. The van der Waals surface area contributed by atoms with Crippen molar-refractivity contribution in [2.45, 2.75) is 25.7 Å². The van der Waals surface area contributed by atoms with Crippen LogP contribution >= 0.6 is 11.3 Å². The summed E-state index contributed by atoms with van der Waals surface area (Å²) in [5.74, 6) is 0. The smallest absolute Gasteiger partial charge is 0.211 e. The third-order valence-electron chi connectivity index (χ3n) is 4.41. The van der Waals surface area contributed by atoms with E-state index in [4.69, 9.17) is 0 Å². The van der Waals surface area contributed by atoms with E-state index in [9.17, 15) is 0 Å². The minimum absolute atomic E-state index is 0.945. The second-order valence-electron chi connectivity index (χ2n) is 5.92. The van der Waals surface area contributed by atoms with Gasteiger partial charge in [-0.25, -0.2) is 0 Å². The van der Waals surface area contributed by atoms with Crippen LogP contribution in [0.15, 0.2) is 58.7 Å². The van der Waals surface area contributed by atoms with E-state index >= 15 is 0 Å². The number of aryl methyl sites for hydroxylation is 2. The summed E-state index contributed by atoms with van der Waals surface area (Å²) < 4.78 is 3.36. The van der Waals surface area contributed by atoms with Crippen molar-refractivity contribution in [2.24, 2.45) is 17.3 Å². The van der Waals surface area contributed by atoms with E-state index in [1.165, 1.54) is 34.2 Å². The quantitative estimate of drug-likeness (QED) is 0.473. The SMILES string of the molecule is Cn1/c(=N/N=C2\CCCCc3ccccc32)sc2ccccc21. The molecule has 1 aliphatic rings. The Morgan fingerprint density at radius 2 is 1.70 bits per heavy atom. The fraction of sp³-hybridized carbons (Fsp3) is 0.263. The van der Waals surface area contributed by atoms with Crippen LogP contribution in [0.25, 0.3) is 10.2 Å². The molecule has 2 aromatic carbocycles. The largest absolute Gasteiger partial charge is 0.318 e. The molecule has 0 saturated carbocycles. The zero-order valence-corrected chi connectivity index (χ0v) is 14.0. The molecule has 0 N–H and O–H groups in total. The van der Waals surface area contributed by atoms with Gasteiger partial charge in [0, 0.05) is 12.6 Å². The molecule has 0 aliphatic heterocycles. The lowest BCUT2D eigenvalue weighted by Gasteiger charge is -2.05. The molecule has 116 valence electrons. The normalized spacial score (nSPS) is 17.4. The van der Waals surface area contributed by atoms with Gasteiger partial charge in [-0.3, -0.25) is 0 Å². The number of thiazole rings is 1. The lowest BCUT2D eigenvalue weighted by Crippen LogP contribution is -2.10. The first-order chi connectivity index (χ1) is 11.3. The lowest BCUT2D eigenvalue weighted by molar-refractivity contribution is 0.774. The van der Waals surface area contributed by atoms with Gasteiger partial charge in [-0.2, -0.15) is 5.10 Å². The topological polar surface area (TPSA) is 29.6 Å². The Kier molecular flexibility index (Phi) is 3.83. The zero-order chi connectivity index (χ0) is 15.6. The molecule has 0 fully saturated rings.